The molecule has 1 aromatic heterocycles. The molecule has 0 amide bonds. The lowest BCUT2D eigenvalue weighted by Crippen LogP contribution is -2.26. The van der Waals surface area contributed by atoms with E-state index in [1.807, 2.05) is 68.4 Å². The summed E-state index contributed by atoms with van der Waals surface area (Å²) in [5.41, 5.74) is 2.63. The second-order valence-electron chi connectivity index (χ2n) is 9.09. The van der Waals surface area contributed by atoms with E-state index < -0.39 is 16.1 Å². The van der Waals surface area contributed by atoms with Crippen LogP contribution in [0.25, 0.3) is 10.9 Å². The molecule has 1 atom stereocenters. The van der Waals surface area contributed by atoms with Gasteiger partial charge in [-0.1, -0.05) is 23.8 Å². The molecule has 180 valence electrons. The number of hydrogen-bond acceptors (Lipinski definition) is 5. The highest BCUT2D eigenvalue weighted by Crippen LogP contribution is 2.30. The largest absolute Gasteiger partial charge is 0.493 e. The molecule has 0 spiro atoms. The highest BCUT2D eigenvalue weighted by Gasteiger charge is 2.22. The van der Waals surface area contributed by atoms with Crippen molar-refractivity contribution >= 4 is 20.9 Å². The van der Waals surface area contributed by atoms with Gasteiger partial charge < -0.3 is 9.47 Å². The number of hydrogen-bond donors (Lipinski definition) is 1. The zero-order valence-electron chi connectivity index (χ0n) is 19.8. The Morgan fingerprint density at radius 2 is 1.66 bits per heavy atom. The Balaban J connectivity index is 1.26. The Bertz CT molecular complexity index is 1430. The quantitative estimate of drug-likeness (QED) is 0.305. The molecule has 1 aliphatic rings. The van der Waals surface area contributed by atoms with Crippen molar-refractivity contribution in [2.75, 3.05) is 6.61 Å². The Hall–Kier alpha value is -3.42. The minimum atomic E-state index is -3.62. The van der Waals surface area contributed by atoms with Gasteiger partial charge in [-0.2, -0.15) is 0 Å². The molecule has 1 N–H and O–H groups in total. The van der Waals surface area contributed by atoms with Gasteiger partial charge in [0.2, 0.25) is 15.9 Å². The second kappa shape index (κ2) is 9.68. The van der Waals surface area contributed by atoms with E-state index in [0.29, 0.717) is 17.5 Å². The first-order chi connectivity index (χ1) is 16.9. The van der Waals surface area contributed by atoms with Crippen molar-refractivity contribution in [2.45, 2.75) is 37.6 Å². The van der Waals surface area contributed by atoms with Crippen molar-refractivity contribution in [1.29, 1.82) is 0 Å². The highest BCUT2D eigenvalue weighted by molar-refractivity contribution is 7.89. The molecule has 1 heterocycles. The maximum absolute atomic E-state index is 12.8. The Kier molecular flexibility index (Phi) is 6.45. The van der Waals surface area contributed by atoms with Crippen LogP contribution in [0.2, 0.25) is 0 Å². The van der Waals surface area contributed by atoms with Crippen LogP contribution in [0, 0.1) is 12.8 Å². The number of aryl methyl sites for hydroxylation is 1. The van der Waals surface area contributed by atoms with E-state index in [9.17, 15) is 8.42 Å². The van der Waals surface area contributed by atoms with Crippen molar-refractivity contribution in [3.05, 3.63) is 90.0 Å². The molecule has 1 unspecified atom stereocenters. The van der Waals surface area contributed by atoms with E-state index in [0.717, 1.165) is 34.4 Å². The summed E-state index contributed by atoms with van der Waals surface area (Å²) in [6.45, 7) is 4.53. The Labute approximate surface area is 206 Å². The summed E-state index contributed by atoms with van der Waals surface area (Å²) in [5, 5.41) is 0.903. The van der Waals surface area contributed by atoms with E-state index in [1.165, 1.54) is 12.8 Å². The average Bonchev–Trinajstić information content (AvgIpc) is 3.68. The smallest absolute Gasteiger partial charge is 0.241 e. The lowest BCUT2D eigenvalue weighted by molar-refractivity contribution is 0.299. The number of pyridine rings is 1. The molecule has 5 rings (SSSR count). The van der Waals surface area contributed by atoms with E-state index in [-0.39, 0.29) is 4.90 Å². The molecule has 7 heteroatoms. The molecule has 35 heavy (non-hydrogen) atoms. The summed E-state index contributed by atoms with van der Waals surface area (Å²) in [7, 11) is -3.62. The first kappa shape index (κ1) is 23.3. The SMILES string of the molecule is Cc1ccc(S(=O)(=O)NC(C)c2ccc3nc(Oc4ccc(OCC5CC5)cc4)ccc3c2)cc1. The Morgan fingerprint density at radius 1 is 0.943 bits per heavy atom. The van der Waals surface area contributed by atoms with Crippen molar-refractivity contribution in [2.24, 2.45) is 5.92 Å². The van der Waals surface area contributed by atoms with Crippen molar-refractivity contribution in [3.63, 3.8) is 0 Å². The van der Waals surface area contributed by atoms with Gasteiger partial charge >= 0.3 is 0 Å². The molecule has 1 aliphatic carbocycles. The fourth-order valence-corrected chi connectivity index (χ4v) is 4.99. The molecule has 3 aromatic carbocycles. The maximum atomic E-state index is 12.8. The molecular weight excluding hydrogens is 460 g/mol. The number of nitrogens with one attached hydrogen (secondary N) is 1. The number of ether oxygens (including phenoxy) is 2. The summed E-state index contributed by atoms with van der Waals surface area (Å²) in [6.07, 6.45) is 2.52. The predicted molar refractivity (Wildman–Crippen MR) is 136 cm³/mol. The van der Waals surface area contributed by atoms with E-state index >= 15 is 0 Å². The van der Waals surface area contributed by atoms with Crippen LogP contribution in [0.1, 0.15) is 36.9 Å². The van der Waals surface area contributed by atoms with E-state index in [4.69, 9.17) is 9.47 Å². The fourth-order valence-electron chi connectivity index (χ4n) is 3.76. The van der Waals surface area contributed by atoms with Gasteiger partial charge in [0, 0.05) is 17.5 Å². The molecule has 1 saturated carbocycles. The zero-order chi connectivity index (χ0) is 24.4. The normalized spacial score (nSPS) is 14.6. The minimum Gasteiger partial charge on any atom is -0.493 e. The lowest BCUT2D eigenvalue weighted by Gasteiger charge is -2.15. The molecule has 6 nitrogen and oxygen atoms in total. The zero-order valence-corrected chi connectivity index (χ0v) is 20.6. The number of aromatic nitrogens is 1. The lowest BCUT2D eigenvalue weighted by atomic mass is 10.1. The summed E-state index contributed by atoms with van der Waals surface area (Å²) in [4.78, 5) is 4.85. The van der Waals surface area contributed by atoms with Crippen LogP contribution in [0.4, 0.5) is 0 Å². The van der Waals surface area contributed by atoms with Crippen molar-refractivity contribution in [1.82, 2.24) is 9.71 Å². The first-order valence-electron chi connectivity index (χ1n) is 11.8. The fraction of sp³-hybridized carbons (Fsp3) is 0.250. The number of rotatable bonds is 9. The van der Waals surface area contributed by atoms with Crippen LogP contribution in [0.5, 0.6) is 17.4 Å². The van der Waals surface area contributed by atoms with Crippen LogP contribution >= 0.6 is 0 Å². The molecule has 0 aliphatic heterocycles. The molecular formula is C28H28N2O4S. The van der Waals surface area contributed by atoms with Crippen LogP contribution in [0.15, 0.2) is 83.8 Å². The third-order valence-electron chi connectivity index (χ3n) is 6.08. The topological polar surface area (TPSA) is 77.5 Å². The molecule has 0 saturated heterocycles. The van der Waals surface area contributed by atoms with Gasteiger partial charge in [-0.15, -0.1) is 0 Å². The minimum absolute atomic E-state index is 0.252. The molecule has 0 bridgehead atoms. The van der Waals surface area contributed by atoms with Gasteiger partial charge in [-0.05, 0) is 92.8 Å². The van der Waals surface area contributed by atoms with Gasteiger partial charge in [0.25, 0.3) is 0 Å². The second-order valence-corrected chi connectivity index (χ2v) is 10.8. The van der Waals surface area contributed by atoms with E-state index in [1.54, 1.807) is 24.3 Å². The third kappa shape index (κ3) is 5.81. The third-order valence-corrected chi connectivity index (χ3v) is 7.64. The summed E-state index contributed by atoms with van der Waals surface area (Å²) < 4.78 is 40.0. The van der Waals surface area contributed by atoms with Gasteiger partial charge in [-0.3, -0.25) is 0 Å². The van der Waals surface area contributed by atoms with Gasteiger partial charge in [-0.25, -0.2) is 18.1 Å². The average molecular weight is 489 g/mol. The summed E-state index contributed by atoms with van der Waals surface area (Å²) in [6, 6.07) is 23.4. The number of benzene rings is 3. The van der Waals surface area contributed by atoms with Crippen LogP contribution < -0.4 is 14.2 Å². The standard InChI is InChI=1S/C28H28N2O4S/c1-19-3-13-26(14-4-19)35(31,32)30-20(2)22-7-15-27-23(17-22)8-16-28(29-27)34-25-11-9-24(10-12-25)33-18-21-5-6-21/h3-4,7-17,20-21,30H,5-6,18H2,1-2H3. The van der Waals surface area contributed by atoms with Gasteiger partial charge in [0.05, 0.1) is 17.0 Å². The molecule has 0 radical (unpaired) electrons. The van der Waals surface area contributed by atoms with Crippen LogP contribution in [0.3, 0.4) is 0 Å². The van der Waals surface area contributed by atoms with Gasteiger partial charge in [0.1, 0.15) is 11.5 Å². The first-order valence-corrected chi connectivity index (χ1v) is 13.2. The number of nitrogens with zero attached hydrogens (tertiary/aromatic N) is 1. The van der Waals surface area contributed by atoms with Crippen LogP contribution in [-0.4, -0.2) is 20.0 Å². The molecule has 1 fully saturated rings. The van der Waals surface area contributed by atoms with E-state index in [2.05, 4.69) is 9.71 Å². The summed E-state index contributed by atoms with van der Waals surface area (Å²) >= 11 is 0. The maximum Gasteiger partial charge on any atom is 0.241 e. The number of fused-ring (bicyclic) bond motifs is 1. The number of sulfonamides is 1. The van der Waals surface area contributed by atoms with Crippen molar-refractivity contribution < 1.29 is 17.9 Å². The van der Waals surface area contributed by atoms with Crippen molar-refractivity contribution in [3.8, 4) is 17.4 Å². The highest BCUT2D eigenvalue weighted by atomic mass is 32.2. The van der Waals surface area contributed by atoms with Crippen LogP contribution in [-0.2, 0) is 10.0 Å². The monoisotopic (exact) mass is 488 g/mol. The van der Waals surface area contributed by atoms with Gasteiger partial charge in [0.15, 0.2) is 0 Å². The molecule has 4 aromatic rings. The Morgan fingerprint density at radius 3 is 2.37 bits per heavy atom. The predicted octanol–water partition coefficient (Wildman–Crippen LogP) is 6.16. The summed E-state index contributed by atoms with van der Waals surface area (Å²) in [5.74, 6) is 2.73.